The summed E-state index contributed by atoms with van der Waals surface area (Å²) in [5.41, 5.74) is 8.60. The molecular formula is C26H34O. The molecule has 2 aromatic carbocycles. The third-order valence-electron chi connectivity index (χ3n) is 6.25. The van der Waals surface area contributed by atoms with Gasteiger partial charge in [-0.1, -0.05) is 81.8 Å². The summed E-state index contributed by atoms with van der Waals surface area (Å²) in [6.45, 7) is 11.9. The average molecular weight is 363 g/mol. The van der Waals surface area contributed by atoms with Crippen molar-refractivity contribution in [3.63, 3.8) is 0 Å². The zero-order valence-corrected chi connectivity index (χ0v) is 17.6. The highest BCUT2D eigenvalue weighted by Crippen LogP contribution is 2.46. The number of hydrogen-bond acceptors (Lipinski definition) is 1. The van der Waals surface area contributed by atoms with Gasteiger partial charge in [0.2, 0.25) is 0 Å². The first-order chi connectivity index (χ1) is 12.7. The van der Waals surface area contributed by atoms with E-state index in [0.29, 0.717) is 0 Å². The lowest BCUT2D eigenvalue weighted by Gasteiger charge is -2.42. The normalized spacial score (nSPS) is 17.9. The van der Waals surface area contributed by atoms with Gasteiger partial charge in [0.25, 0.3) is 0 Å². The molecule has 0 aliphatic heterocycles. The third-order valence-corrected chi connectivity index (χ3v) is 6.25. The van der Waals surface area contributed by atoms with Crippen LogP contribution in [0.3, 0.4) is 0 Å². The van der Waals surface area contributed by atoms with E-state index in [4.69, 9.17) is 0 Å². The van der Waals surface area contributed by atoms with Crippen molar-refractivity contribution in [2.45, 2.75) is 71.1 Å². The van der Waals surface area contributed by atoms with Gasteiger partial charge in [-0.3, -0.25) is 0 Å². The molecule has 0 bridgehead atoms. The van der Waals surface area contributed by atoms with Gasteiger partial charge in [-0.2, -0.15) is 0 Å². The molecule has 0 fully saturated rings. The Bertz CT molecular complexity index is 822. The van der Waals surface area contributed by atoms with Gasteiger partial charge < -0.3 is 5.11 Å². The number of fused-ring (bicyclic) bond motifs is 1. The molecule has 1 aliphatic rings. The van der Waals surface area contributed by atoms with Crippen LogP contribution < -0.4 is 0 Å². The fourth-order valence-corrected chi connectivity index (χ4v) is 4.18. The van der Waals surface area contributed by atoms with Crippen LogP contribution in [0.5, 0.6) is 0 Å². The topological polar surface area (TPSA) is 20.2 Å². The highest BCUT2D eigenvalue weighted by atomic mass is 16.2. The summed E-state index contributed by atoms with van der Waals surface area (Å²) in [4.78, 5) is 0. The van der Waals surface area contributed by atoms with Gasteiger partial charge in [-0.15, -0.1) is 0 Å². The van der Waals surface area contributed by atoms with Crippen LogP contribution in [0.15, 0.2) is 36.4 Å². The molecule has 0 radical (unpaired) electrons. The summed E-state index contributed by atoms with van der Waals surface area (Å²) >= 11 is 0. The number of aliphatic hydroxyl groups excluding tert-OH is 1. The molecule has 2 aromatic rings. The Morgan fingerprint density at radius 2 is 1.48 bits per heavy atom. The fourth-order valence-electron chi connectivity index (χ4n) is 4.18. The zero-order valence-electron chi connectivity index (χ0n) is 17.6. The largest absolute Gasteiger partial charge is 0.396 e. The lowest BCUT2D eigenvalue weighted by Crippen LogP contribution is -2.34. The van der Waals surface area contributed by atoms with Crippen LogP contribution in [-0.2, 0) is 17.3 Å². The van der Waals surface area contributed by atoms with Gasteiger partial charge in [-0.05, 0) is 71.3 Å². The lowest BCUT2D eigenvalue weighted by molar-refractivity contribution is 0.288. The molecule has 1 N–H and O–H groups in total. The van der Waals surface area contributed by atoms with Crippen LogP contribution in [0, 0.1) is 6.92 Å². The first kappa shape index (κ1) is 19.9. The molecule has 0 saturated heterocycles. The van der Waals surface area contributed by atoms with E-state index in [-0.39, 0.29) is 17.4 Å². The zero-order chi connectivity index (χ0) is 19.7. The van der Waals surface area contributed by atoms with Gasteiger partial charge >= 0.3 is 0 Å². The van der Waals surface area contributed by atoms with Crippen molar-refractivity contribution in [1.82, 2.24) is 0 Å². The van der Waals surface area contributed by atoms with Gasteiger partial charge in [-0.25, -0.2) is 0 Å². The van der Waals surface area contributed by atoms with Crippen molar-refractivity contribution >= 4 is 12.2 Å². The van der Waals surface area contributed by atoms with Crippen molar-refractivity contribution in [3.8, 4) is 0 Å². The predicted octanol–water partition coefficient (Wildman–Crippen LogP) is 6.44. The lowest BCUT2D eigenvalue weighted by atomic mass is 9.62. The summed E-state index contributed by atoms with van der Waals surface area (Å²) in [6.07, 6.45) is 8.66. The molecule has 0 unspecified atom stereocenters. The third kappa shape index (κ3) is 4.35. The fraction of sp³-hybridized carbons (Fsp3) is 0.462. The van der Waals surface area contributed by atoms with Crippen LogP contribution in [0.4, 0.5) is 0 Å². The van der Waals surface area contributed by atoms with E-state index in [1.165, 1.54) is 46.2 Å². The van der Waals surface area contributed by atoms with Crippen molar-refractivity contribution in [2.75, 3.05) is 6.61 Å². The van der Waals surface area contributed by atoms with E-state index < -0.39 is 0 Å². The maximum Gasteiger partial charge on any atom is 0.0434 e. The smallest absolute Gasteiger partial charge is 0.0434 e. The Labute approximate surface area is 165 Å². The van der Waals surface area contributed by atoms with Gasteiger partial charge in [0.05, 0.1) is 0 Å². The number of aliphatic hydroxyl groups is 1. The quantitative estimate of drug-likeness (QED) is 0.607. The van der Waals surface area contributed by atoms with Crippen molar-refractivity contribution in [2.24, 2.45) is 0 Å². The van der Waals surface area contributed by atoms with Crippen molar-refractivity contribution in [1.29, 1.82) is 0 Å². The second kappa shape index (κ2) is 7.64. The van der Waals surface area contributed by atoms with E-state index in [0.717, 1.165) is 12.8 Å². The second-order valence-corrected chi connectivity index (χ2v) is 9.44. The maximum absolute atomic E-state index is 9.36. The number of hydrogen-bond donors (Lipinski definition) is 1. The summed E-state index contributed by atoms with van der Waals surface area (Å²) in [5, 5.41) is 9.36. The molecule has 1 nitrogen and oxygen atoms in total. The van der Waals surface area contributed by atoms with Crippen LogP contribution in [-0.4, -0.2) is 11.7 Å². The molecule has 0 amide bonds. The minimum absolute atomic E-state index is 0.215. The van der Waals surface area contributed by atoms with Crippen LogP contribution >= 0.6 is 0 Å². The molecular weight excluding hydrogens is 328 g/mol. The Kier molecular flexibility index (Phi) is 5.63. The van der Waals surface area contributed by atoms with Gasteiger partial charge in [0.15, 0.2) is 0 Å². The SMILES string of the molecule is Cc1ccc(/C=C/c2cc3c(cc2CCCO)C(C)(C)CCC3(C)C)cc1. The molecule has 0 aromatic heterocycles. The Hall–Kier alpha value is -1.86. The molecule has 1 heteroatoms. The van der Waals surface area contributed by atoms with Gasteiger partial charge in [0.1, 0.15) is 0 Å². The Balaban J connectivity index is 2.07. The van der Waals surface area contributed by atoms with Crippen LogP contribution in [0.1, 0.15) is 80.3 Å². The van der Waals surface area contributed by atoms with E-state index in [2.05, 4.69) is 83.2 Å². The summed E-state index contributed by atoms with van der Waals surface area (Å²) in [7, 11) is 0. The molecule has 1 aliphatic carbocycles. The van der Waals surface area contributed by atoms with Crippen LogP contribution in [0.2, 0.25) is 0 Å². The summed E-state index contributed by atoms with van der Waals surface area (Å²) < 4.78 is 0. The van der Waals surface area contributed by atoms with E-state index in [1.54, 1.807) is 0 Å². The number of benzene rings is 2. The first-order valence-electron chi connectivity index (χ1n) is 10.3. The minimum atomic E-state index is 0.215. The Morgan fingerprint density at radius 3 is 2.07 bits per heavy atom. The van der Waals surface area contributed by atoms with Gasteiger partial charge in [0, 0.05) is 6.61 Å². The molecule has 0 saturated carbocycles. The minimum Gasteiger partial charge on any atom is -0.396 e. The first-order valence-corrected chi connectivity index (χ1v) is 10.3. The summed E-state index contributed by atoms with van der Waals surface area (Å²) in [5.74, 6) is 0. The summed E-state index contributed by atoms with van der Waals surface area (Å²) in [6, 6.07) is 13.5. The molecule has 27 heavy (non-hydrogen) atoms. The highest BCUT2D eigenvalue weighted by Gasteiger charge is 2.37. The molecule has 3 rings (SSSR count). The molecule has 0 atom stereocenters. The average Bonchev–Trinajstić information content (AvgIpc) is 2.63. The predicted molar refractivity (Wildman–Crippen MR) is 117 cm³/mol. The van der Waals surface area contributed by atoms with Crippen LogP contribution in [0.25, 0.3) is 12.2 Å². The van der Waals surface area contributed by atoms with E-state index in [9.17, 15) is 5.11 Å². The number of aryl methyl sites for hydroxylation is 2. The van der Waals surface area contributed by atoms with Crippen molar-refractivity contribution in [3.05, 3.63) is 69.8 Å². The molecule has 0 spiro atoms. The second-order valence-electron chi connectivity index (χ2n) is 9.44. The monoisotopic (exact) mass is 362 g/mol. The van der Waals surface area contributed by atoms with Crippen molar-refractivity contribution < 1.29 is 5.11 Å². The molecule has 144 valence electrons. The van der Waals surface area contributed by atoms with E-state index in [1.807, 2.05) is 0 Å². The standard InChI is InChI=1S/C26H34O/c1-19-8-10-20(11-9-19)12-13-22-18-24-23(17-21(22)7-6-16-27)25(2,3)14-15-26(24,4)5/h8-13,17-18,27H,6-7,14-16H2,1-5H3/b13-12+. The molecule has 0 heterocycles. The Morgan fingerprint density at radius 1 is 0.889 bits per heavy atom. The number of rotatable bonds is 5. The highest BCUT2D eigenvalue weighted by molar-refractivity contribution is 5.72. The maximum atomic E-state index is 9.36. The van der Waals surface area contributed by atoms with E-state index >= 15 is 0 Å².